The quantitative estimate of drug-likeness (QED) is 0.327. The summed E-state index contributed by atoms with van der Waals surface area (Å²) in [5.74, 6) is -4.30. The molecule has 1 amide bonds. The first kappa shape index (κ1) is 21.6. The number of rotatable bonds is 6. The van der Waals surface area contributed by atoms with Gasteiger partial charge in [-0.25, -0.2) is 14.0 Å². The number of amides is 1. The maximum atomic E-state index is 15.3. The second-order valence-corrected chi connectivity index (χ2v) is 12.5. The molecule has 1 aliphatic rings. The summed E-state index contributed by atoms with van der Waals surface area (Å²) in [5, 5.41) is 2.17. The molecule has 0 saturated carbocycles. The number of hydrogen-bond donors (Lipinski definition) is 1. The number of hydrogen-bond acceptors (Lipinski definition) is 6. The van der Waals surface area contributed by atoms with Crippen LogP contribution in [0.5, 0.6) is 0 Å². The van der Waals surface area contributed by atoms with Gasteiger partial charge in [-0.3, -0.25) is 4.79 Å². The van der Waals surface area contributed by atoms with Gasteiger partial charge in [-0.15, -0.1) is 0 Å². The van der Waals surface area contributed by atoms with Crippen LogP contribution in [0.2, 0.25) is 18.1 Å². The van der Waals surface area contributed by atoms with E-state index in [0.717, 1.165) is 14.2 Å². The van der Waals surface area contributed by atoms with E-state index in [1.807, 2.05) is 33.9 Å². The molecule has 1 N–H and O–H groups in total. The molecule has 7 nitrogen and oxygen atoms in total. The number of methoxy groups -OCH3 is 2. The molecule has 144 valence electrons. The van der Waals surface area contributed by atoms with Crippen LogP contribution in [-0.2, 0) is 28.3 Å². The van der Waals surface area contributed by atoms with Crippen molar-refractivity contribution in [2.75, 3.05) is 14.2 Å². The fourth-order valence-corrected chi connectivity index (χ4v) is 4.00. The van der Waals surface area contributed by atoms with Crippen molar-refractivity contribution >= 4 is 26.2 Å². The lowest BCUT2D eigenvalue weighted by Crippen LogP contribution is -2.74. The highest BCUT2D eigenvalue weighted by Crippen LogP contribution is 2.40. The molecule has 0 radical (unpaired) electrons. The molecule has 1 saturated heterocycles. The van der Waals surface area contributed by atoms with Gasteiger partial charge in [-0.1, -0.05) is 20.8 Å². The Morgan fingerprint density at radius 2 is 1.60 bits per heavy atom. The second kappa shape index (κ2) is 7.03. The Morgan fingerprint density at radius 1 is 1.16 bits per heavy atom. The van der Waals surface area contributed by atoms with Crippen LogP contribution < -0.4 is 5.32 Å². The van der Waals surface area contributed by atoms with Crippen molar-refractivity contribution < 1.29 is 32.7 Å². The van der Waals surface area contributed by atoms with E-state index in [2.05, 4.69) is 14.8 Å². The van der Waals surface area contributed by atoms with E-state index in [1.165, 1.54) is 0 Å². The number of alkyl halides is 1. The van der Waals surface area contributed by atoms with Crippen LogP contribution in [0.3, 0.4) is 0 Å². The molecule has 1 fully saturated rings. The number of ether oxygens (including phenoxy) is 2. The van der Waals surface area contributed by atoms with Crippen molar-refractivity contribution in [3.63, 3.8) is 0 Å². The fourth-order valence-electron chi connectivity index (χ4n) is 2.57. The van der Waals surface area contributed by atoms with Gasteiger partial charge in [0.15, 0.2) is 8.32 Å². The van der Waals surface area contributed by atoms with E-state index in [0.29, 0.717) is 0 Å². The van der Waals surface area contributed by atoms with Crippen molar-refractivity contribution in [2.45, 2.75) is 63.6 Å². The second-order valence-electron chi connectivity index (χ2n) is 7.79. The SMILES string of the molecule is COC(=O)C(F)(C(=O)OC)[C@H]1NC(=O)[C@@H]1[C@@H](C)O[Si](C)(C)C(C)(C)C. The van der Waals surface area contributed by atoms with Gasteiger partial charge in [-0.05, 0) is 25.1 Å². The Labute approximate surface area is 148 Å². The van der Waals surface area contributed by atoms with Crippen molar-refractivity contribution in [3.8, 4) is 0 Å². The summed E-state index contributed by atoms with van der Waals surface area (Å²) in [7, 11) is -0.311. The van der Waals surface area contributed by atoms with E-state index in [4.69, 9.17) is 4.43 Å². The number of β-lactam (4-membered cyclic amide) rings is 1. The molecule has 0 aliphatic carbocycles. The molecule has 0 aromatic carbocycles. The summed E-state index contributed by atoms with van der Waals surface area (Å²) in [5.41, 5.74) is -3.12. The minimum absolute atomic E-state index is 0.117. The summed E-state index contributed by atoms with van der Waals surface area (Å²) < 4.78 is 30.2. The van der Waals surface area contributed by atoms with Gasteiger partial charge in [-0.2, -0.15) is 0 Å². The minimum atomic E-state index is -3.12. The third-order valence-corrected chi connectivity index (χ3v) is 9.72. The van der Waals surface area contributed by atoms with Crippen LogP contribution in [0.1, 0.15) is 27.7 Å². The lowest BCUT2D eigenvalue weighted by Gasteiger charge is -2.47. The van der Waals surface area contributed by atoms with E-state index in [9.17, 15) is 14.4 Å². The first-order valence-corrected chi connectivity index (χ1v) is 11.0. The topological polar surface area (TPSA) is 90.9 Å². The van der Waals surface area contributed by atoms with Gasteiger partial charge in [0, 0.05) is 0 Å². The van der Waals surface area contributed by atoms with Crippen molar-refractivity contribution in [2.24, 2.45) is 5.92 Å². The lowest BCUT2D eigenvalue weighted by atomic mass is 9.76. The number of esters is 2. The highest BCUT2D eigenvalue weighted by molar-refractivity contribution is 6.74. The molecule has 1 aliphatic heterocycles. The molecule has 0 spiro atoms. The van der Waals surface area contributed by atoms with Crippen LogP contribution >= 0.6 is 0 Å². The highest BCUT2D eigenvalue weighted by atomic mass is 28.4. The summed E-state index contributed by atoms with van der Waals surface area (Å²) in [4.78, 5) is 35.9. The molecule has 0 aromatic rings. The molecule has 0 aromatic heterocycles. The van der Waals surface area contributed by atoms with Gasteiger partial charge in [0.2, 0.25) is 5.91 Å². The largest absolute Gasteiger partial charge is 0.466 e. The van der Waals surface area contributed by atoms with Crippen molar-refractivity contribution in [1.82, 2.24) is 5.32 Å². The molecule has 1 rings (SSSR count). The highest BCUT2D eigenvalue weighted by Gasteiger charge is 2.65. The lowest BCUT2D eigenvalue weighted by molar-refractivity contribution is -0.182. The minimum Gasteiger partial charge on any atom is -0.466 e. The van der Waals surface area contributed by atoms with Gasteiger partial charge in [0.25, 0.3) is 0 Å². The molecular weight excluding hydrogens is 349 g/mol. The predicted molar refractivity (Wildman–Crippen MR) is 91.0 cm³/mol. The molecule has 0 unspecified atom stereocenters. The molecular formula is C16H28FNO6Si. The van der Waals surface area contributed by atoms with Crippen LogP contribution in [0.4, 0.5) is 4.39 Å². The third kappa shape index (κ3) is 3.71. The Hall–Kier alpha value is -1.48. The zero-order chi connectivity index (χ0) is 19.8. The van der Waals surface area contributed by atoms with Crippen molar-refractivity contribution in [3.05, 3.63) is 0 Å². The van der Waals surface area contributed by atoms with Gasteiger partial charge >= 0.3 is 17.6 Å². The monoisotopic (exact) mass is 377 g/mol. The molecule has 3 atom stereocenters. The van der Waals surface area contributed by atoms with Crippen LogP contribution in [0, 0.1) is 5.92 Å². The zero-order valence-electron chi connectivity index (χ0n) is 16.1. The van der Waals surface area contributed by atoms with Gasteiger partial charge < -0.3 is 19.2 Å². The van der Waals surface area contributed by atoms with E-state index in [1.54, 1.807) is 6.92 Å². The Balaban J connectivity index is 3.13. The standard InChI is InChI=1S/C16H28FNO6Si/c1-9(24-25(7,8)15(2,3)4)10-11(18-12(10)19)16(17,13(20)22-5)14(21)23-6/h9-11H,1-8H3,(H,18,19)/t9-,10-,11+/m1/s1. The molecule has 1 heterocycles. The zero-order valence-corrected chi connectivity index (χ0v) is 17.1. The number of carbonyl (C=O) groups excluding carboxylic acids is 3. The summed E-state index contributed by atoms with van der Waals surface area (Å²) in [6.07, 6.45) is -0.677. The smallest absolute Gasteiger partial charge is 0.357 e. The molecule has 25 heavy (non-hydrogen) atoms. The van der Waals surface area contributed by atoms with Crippen LogP contribution in [0.25, 0.3) is 0 Å². The fraction of sp³-hybridized carbons (Fsp3) is 0.812. The molecule has 0 bridgehead atoms. The number of halogens is 1. The third-order valence-electron chi connectivity index (χ3n) is 5.15. The normalized spacial score (nSPS) is 22.5. The summed E-state index contributed by atoms with van der Waals surface area (Å²) in [6, 6.07) is -1.40. The Morgan fingerprint density at radius 3 is 1.92 bits per heavy atom. The first-order valence-electron chi connectivity index (χ1n) is 8.08. The average molecular weight is 377 g/mol. The Kier molecular flexibility index (Phi) is 6.06. The maximum absolute atomic E-state index is 15.3. The summed E-state index contributed by atoms with van der Waals surface area (Å²) in [6.45, 7) is 11.7. The van der Waals surface area contributed by atoms with Crippen LogP contribution in [0.15, 0.2) is 0 Å². The number of nitrogens with one attached hydrogen (secondary N) is 1. The van der Waals surface area contributed by atoms with E-state index in [-0.39, 0.29) is 5.04 Å². The molecule has 9 heteroatoms. The summed E-state index contributed by atoms with van der Waals surface area (Å²) >= 11 is 0. The maximum Gasteiger partial charge on any atom is 0.357 e. The van der Waals surface area contributed by atoms with Gasteiger partial charge in [0.1, 0.15) is 0 Å². The van der Waals surface area contributed by atoms with E-state index >= 15 is 4.39 Å². The first-order chi connectivity index (χ1) is 11.2. The van der Waals surface area contributed by atoms with Crippen molar-refractivity contribution in [1.29, 1.82) is 0 Å². The number of carbonyl (C=O) groups is 3. The van der Waals surface area contributed by atoms with E-state index < -0.39 is 49.9 Å². The van der Waals surface area contributed by atoms with Gasteiger partial charge in [0.05, 0.1) is 32.3 Å². The Bertz CT molecular complexity index is 543. The predicted octanol–water partition coefficient (Wildman–Crippen LogP) is 1.57. The van der Waals surface area contributed by atoms with Crippen LogP contribution in [-0.4, -0.2) is 58.2 Å². The average Bonchev–Trinajstić information content (AvgIpc) is 2.48.